The van der Waals surface area contributed by atoms with Crippen molar-refractivity contribution in [1.29, 1.82) is 0 Å². The summed E-state index contributed by atoms with van der Waals surface area (Å²) >= 11 is 7.55. The van der Waals surface area contributed by atoms with Gasteiger partial charge in [0.25, 0.3) is 11.7 Å². The number of aliphatic hydroxyl groups excluding tert-OH is 1. The number of hydrogen-bond donors (Lipinski definition) is 1. The summed E-state index contributed by atoms with van der Waals surface area (Å²) in [5.74, 6) is -1.40. The zero-order valence-electron chi connectivity index (χ0n) is 17.2. The van der Waals surface area contributed by atoms with Crippen LogP contribution in [-0.4, -0.2) is 23.9 Å². The smallest absolute Gasteiger partial charge is 0.300 e. The highest BCUT2D eigenvalue weighted by atomic mass is 35.5. The van der Waals surface area contributed by atoms with Crippen LogP contribution < -0.4 is 9.64 Å². The van der Waals surface area contributed by atoms with Crippen molar-refractivity contribution < 1.29 is 19.4 Å². The molecule has 0 spiro atoms. The molecule has 3 aromatic rings. The molecule has 31 heavy (non-hydrogen) atoms. The highest BCUT2D eigenvalue weighted by Gasteiger charge is 2.48. The van der Waals surface area contributed by atoms with Crippen LogP contribution in [-0.2, 0) is 9.59 Å². The number of hydrogen-bond acceptors (Lipinski definition) is 5. The van der Waals surface area contributed by atoms with Crippen LogP contribution in [0.25, 0.3) is 5.76 Å². The van der Waals surface area contributed by atoms with Gasteiger partial charge in [-0.05, 0) is 60.7 Å². The number of nitrogens with zero attached hydrogens (tertiary/aromatic N) is 1. The van der Waals surface area contributed by atoms with Gasteiger partial charge in [0.15, 0.2) is 0 Å². The number of methoxy groups -OCH3 is 1. The van der Waals surface area contributed by atoms with Gasteiger partial charge in [0, 0.05) is 15.6 Å². The number of amides is 1. The van der Waals surface area contributed by atoms with Gasteiger partial charge >= 0.3 is 0 Å². The molecular formula is C24H20ClNO4S. The fourth-order valence-corrected chi connectivity index (χ4v) is 4.78. The first-order valence-electron chi connectivity index (χ1n) is 9.59. The quantitative estimate of drug-likeness (QED) is 0.315. The molecule has 4 rings (SSSR count). The second-order valence-electron chi connectivity index (χ2n) is 7.32. The summed E-state index contributed by atoms with van der Waals surface area (Å²) in [6.07, 6.45) is 0. The Morgan fingerprint density at radius 2 is 1.90 bits per heavy atom. The molecule has 1 atom stereocenters. The predicted octanol–water partition coefficient (Wildman–Crippen LogP) is 5.65. The number of carbonyl (C=O) groups excluding carboxylic acids is 2. The van der Waals surface area contributed by atoms with E-state index in [1.807, 2.05) is 49.6 Å². The van der Waals surface area contributed by atoms with E-state index in [0.717, 1.165) is 16.0 Å². The number of ether oxygens (including phenoxy) is 1. The molecule has 0 bridgehead atoms. The van der Waals surface area contributed by atoms with E-state index in [1.54, 1.807) is 12.1 Å². The Morgan fingerprint density at radius 3 is 2.58 bits per heavy atom. The van der Waals surface area contributed by atoms with Crippen molar-refractivity contribution in [2.45, 2.75) is 19.9 Å². The normalized spacial score (nSPS) is 17.9. The average molecular weight is 454 g/mol. The van der Waals surface area contributed by atoms with Crippen molar-refractivity contribution >= 4 is 46.1 Å². The third-order valence-electron chi connectivity index (χ3n) is 5.30. The van der Waals surface area contributed by atoms with Crippen LogP contribution in [0.3, 0.4) is 0 Å². The number of Topliss-reactive ketones (excluding diaryl/α,β-unsaturated/α-hetero) is 1. The minimum atomic E-state index is -0.760. The maximum atomic E-state index is 13.2. The van der Waals surface area contributed by atoms with Crippen LogP contribution in [0.5, 0.6) is 5.75 Å². The molecule has 1 saturated heterocycles. The molecule has 1 aromatic heterocycles. The van der Waals surface area contributed by atoms with Crippen molar-refractivity contribution in [3.63, 3.8) is 0 Å². The fraction of sp³-hybridized carbons (Fsp3) is 0.167. The Labute approximate surface area is 189 Å². The summed E-state index contributed by atoms with van der Waals surface area (Å²) in [5, 5.41) is 13.5. The van der Waals surface area contributed by atoms with Gasteiger partial charge in [0.05, 0.1) is 18.2 Å². The van der Waals surface area contributed by atoms with E-state index in [2.05, 4.69) is 0 Å². The van der Waals surface area contributed by atoms with Crippen LogP contribution in [0.2, 0.25) is 5.02 Å². The van der Waals surface area contributed by atoms with Crippen LogP contribution >= 0.6 is 22.9 Å². The van der Waals surface area contributed by atoms with Crippen molar-refractivity contribution in [2.24, 2.45) is 0 Å². The lowest BCUT2D eigenvalue weighted by Gasteiger charge is -2.26. The van der Waals surface area contributed by atoms with E-state index in [1.165, 1.54) is 29.4 Å². The van der Waals surface area contributed by atoms with Crippen molar-refractivity contribution in [3.05, 3.63) is 86.1 Å². The van der Waals surface area contributed by atoms with Gasteiger partial charge in [-0.1, -0.05) is 29.8 Å². The summed E-state index contributed by atoms with van der Waals surface area (Å²) in [5.41, 5.74) is 2.72. The van der Waals surface area contributed by atoms with Crippen LogP contribution in [0.4, 0.5) is 5.69 Å². The molecule has 1 fully saturated rings. The second-order valence-corrected chi connectivity index (χ2v) is 8.73. The van der Waals surface area contributed by atoms with Gasteiger partial charge in [-0.25, -0.2) is 0 Å². The Bertz CT molecular complexity index is 1220. The first-order valence-corrected chi connectivity index (χ1v) is 10.8. The zero-order valence-corrected chi connectivity index (χ0v) is 18.8. The molecule has 1 unspecified atom stereocenters. The molecule has 2 heterocycles. The largest absolute Gasteiger partial charge is 0.507 e. The molecule has 1 aliphatic rings. The maximum Gasteiger partial charge on any atom is 0.300 e. The molecule has 1 N–H and O–H groups in total. The zero-order chi connectivity index (χ0) is 22.3. The maximum absolute atomic E-state index is 13.2. The van der Waals surface area contributed by atoms with Crippen molar-refractivity contribution in [2.75, 3.05) is 12.0 Å². The van der Waals surface area contributed by atoms with Crippen molar-refractivity contribution in [1.82, 2.24) is 0 Å². The molecule has 158 valence electrons. The summed E-state index contributed by atoms with van der Waals surface area (Å²) in [4.78, 5) is 28.7. The summed E-state index contributed by atoms with van der Waals surface area (Å²) in [6.45, 7) is 3.82. The number of anilines is 1. The van der Waals surface area contributed by atoms with Gasteiger partial charge in [-0.2, -0.15) is 0 Å². The number of aryl methyl sites for hydroxylation is 2. The molecular weight excluding hydrogens is 434 g/mol. The van der Waals surface area contributed by atoms with Gasteiger partial charge in [-0.3, -0.25) is 14.5 Å². The lowest BCUT2D eigenvalue weighted by molar-refractivity contribution is -0.132. The standard InChI is InChI=1S/C24H20ClNO4S/c1-13-6-7-14(2)17(11-13)26-21(19-5-4-10-31-19)20(23(28)24(26)29)22(27)16-12-15(25)8-9-18(16)30-3/h4-12,21,27H,1-3H3/b22-20-. The van der Waals surface area contributed by atoms with Gasteiger partial charge in [-0.15, -0.1) is 11.3 Å². The van der Waals surface area contributed by atoms with E-state index in [4.69, 9.17) is 16.3 Å². The Morgan fingerprint density at radius 1 is 1.13 bits per heavy atom. The minimum Gasteiger partial charge on any atom is -0.507 e. The summed E-state index contributed by atoms with van der Waals surface area (Å²) < 4.78 is 5.36. The highest BCUT2D eigenvalue weighted by molar-refractivity contribution is 7.10. The molecule has 1 amide bonds. The first kappa shape index (κ1) is 21.2. The number of rotatable bonds is 4. The first-order chi connectivity index (χ1) is 14.8. The van der Waals surface area contributed by atoms with Crippen LogP contribution in [0.1, 0.15) is 27.6 Å². The summed E-state index contributed by atoms with van der Waals surface area (Å²) in [6, 6.07) is 13.4. The third-order valence-corrected chi connectivity index (χ3v) is 6.46. The molecule has 7 heteroatoms. The molecule has 5 nitrogen and oxygen atoms in total. The van der Waals surface area contributed by atoms with E-state index >= 15 is 0 Å². The number of ketones is 1. The van der Waals surface area contributed by atoms with E-state index < -0.39 is 17.7 Å². The van der Waals surface area contributed by atoms with Crippen LogP contribution in [0.15, 0.2) is 59.5 Å². The van der Waals surface area contributed by atoms with Crippen LogP contribution in [0, 0.1) is 13.8 Å². The molecule has 1 aliphatic heterocycles. The molecule has 0 aliphatic carbocycles. The molecule has 0 saturated carbocycles. The van der Waals surface area contributed by atoms with Crippen molar-refractivity contribution in [3.8, 4) is 5.75 Å². The van der Waals surface area contributed by atoms with Gasteiger partial charge in [0.2, 0.25) is 0 Å². The second kappa shape index (κ2) is 8.21. The lowest BCUT2D eigenvalue weighted by atomic mass is 9.99. The molecule has 2 aromatic carbocycles. The SMILES string of the molecule is COc1ccc(Cl)cc1/C(O)=C1/C(=O)C(=O)N(c2cc(C)ccc2C)C1c1cccs1. The molecule has 0 radical (unpaired) electrons. The minimum absolute atomic E-state index is 0.00826. The lowest BCUT2D eigenvalue weighted by Crippen LogP contribution is -2.29. The number of halogens is 1. The Hall–Kier alpha value is -3.09. The highest BCUT2D eigenvalue weighted by Crippen LogP contribution is 2.45. The van der Waals surface area contributed by atoms with E-state index in [-0.39, 0.29) is 16.9 Å². The average Bonchev–Trinajstić information content (AvgIpc) is 3.36. The van der Waals surface area contributed by atoms with E-state index in [0.29, 0.717) is 16.5 Å². The third kappa shape index (κ3) is 3.62. The van der Waals surface area contributed by atoms with E-state index in [9.17, 15) is 14.7 Å². The summed E-state index contributed by atoms with van der Waals surface area (Å²) in [7, 11) is 1.46. The topological polar surface area (TPSA) is 66.8 Å². The number of thiophene rings is 1. The Kier molecular flexibility index (Phi) is 5.60. The number of carbonyl (C=O) groups is 2. The van der Waals surface area contributed by atoms with Gasteiger partial charge in [0.1, 0.15) is 17.6 Å². The Balaban J connectivity index is 1.99. The predicted molar refractivity (Wildman–Crippen MR) is 123 cm³/mol. The number of aliphatic hydroxyl groups is 1. The fourth-order valence-electron chi connectivity index (χ4n) is 3.79. The number of benzene rings is 2. The van der Waals surface area contributed by atoms with Gasteiger partial charge < -0.3 is 9.84 Å². The monoisotopic (exact) mass is 453 g/mol.